The molecule has 3 aromatic rings. The van der Waals surface area contributed by atoms with E-state index < -0.39 is 17.7 Å². The summed E-state index contributed by atoms with van der Waals surface area (Å²) in [5.74, 6) is -1.14. The van der Waals surface area contributed by atoms with E-state index in [-0.39, 0.29) is 23.6 Å². The summed E-state index contributed by atoms with van der Waals surface area (Å²) in [4.78, 5) is 27.6. The predicted molar refractivity (Wildman–Crippen MR) is 125 cm³/mol. The molecule has 0 saturated carbocycles. The second-order valence-electron chi connectivity index (χ2n) is 7.78. The largest absolute Gasteiger partial charge is 0.508 e. The number of aromatic hydroxyl groups is 1. The molecule has 2 N–H and O–H groups in total. The van der Waals surface area contributed by atoms with Crippen LogP contribution in [0.15, 0.2) is 84.4 Å². The van der Waals surface area contributed by atoms with Crippen molar-refractivity contribution in [2.24, 2.45) is 0 Å². The van der Waals surface area contributed by atoms with E-state index >= 15 is 0 Å². The van der Waals surface area contributed by atoms with E-state index in [2.05, 4.69) is 0 Å². The number of rotatable bonds is 7. The highest BCUT2D eigenvalue weighted by Crippen LogP contribution is 2.40. The molecular weight excluding hydrogens is 418 g/mol. The van der Waals surface area contributed by atoms with Crippen LogP contribution in [0, 0.1) is 0 Å². The molecule has 4 rings (SSSR count). The Hall–Kier alpha value is -4.06. The van der Waals surface area contributed by atoms with Gasteiger partial charge in [-0.2, -0.15) is 0 Å². The van der Waals surface area contributed by atoms with Gasteiger partial charge in [0.2, 0.25) is 0 Å². The molecule has 0 radical (unpaired) electrons. The van der Waals surface area contributed by atoms with E-state index in [9.17, 15) is 19.8 Å². The molecule has 1 atom stereocenters. The Labute approximate surface area is 192 Å². The Balaban J connectivity index is 1.79. The molecule has 0 bridgehead atoms. The van der Waals surface area contributed by atoms with Crippen molar-refractivity contribution in [1.29, 1.82) is 0 Å². The van der Waals surface area contributed by atoms with Crippen LogP contribution in [0.25, 0.3) is 5.76 Å². The summed E-state index contributed by atoms with van der Waals surface area (Å²) in [5, 5.41) is 21.2. The molecule has 1 saturated heterocycles. The lowest BCUT2D eigenvalue weighted by molar-refractivity contribution is -0.139. The summed E-state index contributed by atoms with van der Waals surface area (Å²) in [6.45, 7) is 2.59. The van der Waals surface area contributed by atoms with E-state index in [4.69, 9.17) is 4.74 Å². The van der Waals surface area contributed by atoms with Crippen LogP contribution in [0.3, 0.4) is 0 Å². The fraction of sp³-hybridized carbons (Fsp3) is 0.185. The molecule has 0 aromatic heterocycles. The molecule has 3 aromatic carbocycles. The number of likely N-dealkylation sites (tertiary alicyclic amines) is 1. The third-order valence-corrected chi connectivity index (χ3v) is 5.63. The van der Waals surface area contributed by atoms with Gasteiger partial charge in [0.25, 0.3) is 11.7 Å². The monoisotopic (exact) mass is 443 g/mol. The van der Waals surface area contributed by atoms with Crippen molar-refractivity contribution >= 4 is 17.4 Å². The number of amides is 1. The predicted octanol–water partition coefficient (Wildman–Crippen LogP) is 4.46. The lowest BCUT2D eigenvalue weighted by atomic mass is 9.95. The Morgan fingerprint density at radius 3 is 2.45 bits per heavy atom. The number of Topliss-reactive ketones (excluding diaryl/α,β-unsaturated/α-hetero) is 1. The van der Waals surface area contributed by atoms with Crippen LogP contribution >= 0.6 is 0 Å². The highest BCUT2D eigenvalue weighted by Gasteiger charge is 2.45. The fourth-order valence-electron chi connectivity index (χ4n) is 4.10. The first-order valence-corrected chi connectivity index (χ1v) is 10.8. The van der Waals surface area contributed by atoms with Crippen LogP contribution in [0.2, 0.25) is 0 Å². The molecule has 33 heavy (non-hydrogen) atoms. The maximum Gasteiger partial charge on any atom is 0.295 e. The molecule has 6 heteroatoms. The molecule has 168 valence electrons. The van der Waals surface area contributed by atoms with E-state index in [0.717, 1.165) is 5.56 Å². The van der Waals surface area contributed by atoms with Crippen molar-refractivity contribution in [1.82, 2.24) is 4.90 Å². The number of carbonyl (C=O) groups excluding carboxylic acids is 2. The molecule has 1 heterocycles. The number of hydrogen-bond acceptors (Lipinski definition) is 5. The van der Waals surface area contributed by atoms with Gasteiger partial charge in [0, 0.05) is 12.1 Å². The molecule has 1 fully saturated rings. The van der Waals surface area contributed by atoms with E-state index in [1.165, 1.54) is 17.0 Å². The molecule has 1 unspecified atom stereocenters. The zero-order chi connectivity index (χ0) is 23.4. The number of ketones is 1. The molecule has 6 nitrogen and oxygen atoms in total. The zero-order valence-electron chi connectivity index (χ0n) is 18.3. The minimum absolute atomic E-state index is 0.00712. The first kappa shape index (κ1) is 22.1. The van der Waals surface area contributed by atoms with Crippen LogP contribution < -0.4 is 4.74 Å². The lowest BCUT2D eigenvalue weighted by Gasteiger charge is -2.25. The number of aliphatic hydroxyl groups excluding tert-OH is 1. The van der Waals surface area contributed by atoms with Crippen molar-refractivity contribution in [3.05, 3.63) is 101 Å². The molecule has 1 aliphatic rings. The van der Waals surface area contributed by atoms with Crippen molar-refractivity contribution < 1.29 is 24.5 Å². The summed E-state index contributed by atoms with van der Waals surface area (Å²) in [5.41, 5.74) is 1.95. The summed E-state index contributed by atoms with van der Waals surface area (Å²) >= 11 is 0. The van der Waals surface area contributed by atoms with Gasteiger partial charge in [-0.3, -0.25) is 9.59 Å². The van der Waals surface area contributed by atoms with Crippen molar-refractivity contribution in [2.45, 2.75) is 19.4 Å². The third kappa shape index (κ3) is 4.60. The smallest absolute Gasteiger partial charge is 0.295 e. The first-order chi connectivity index (χ1) is 16.0. The normalized spacial score (nSPS) is 17.4. The van der Waals surface area contributed by atoms with Gasteiger partial charge in [-0.25, -0.2) is 0 Å². The van der Waals surface area contributed by atoms with Gasteiger partial charge in [0.05, 0.1) is 18.2 Å². The summed E-state index contributed by atoms with van der Waals surface area (Å²) < 4.78 is 5.51. The summed E-state index contributed by atoms with van der Waals surface area (Å²) in [6.07, 6.45) is 0.545. The minimum Gasteiger partial charge on any atom is -0.508 e. The number of phenolic OH excluding ortho intramolecular Hbond substituents is 1. The Kier molecular flexibility index (Phi) is 6.45. The Bertz CT molecular complexity index is 1200. The lowest BCUT2D eigenvalue weighted by Crippen LogP contribution is -2.31. The van der Waals surface area contributed by atoms with Gasteiger partial charge in [-0.15, -0.1) is 0 Å². The molecule has 1 amide bonds. The van der Waals surface area contributed by atoms with Crippen LogP contribution in [0.4, 0.5) is 0 Å². The maximum absolute atomic E-state index is 13.1. The van der Waals surface area contributed by atoms with Crippen molar-refractivity contribution in [3.63, 3.8) is 0 Å². The zero-order valence-corrected chi connectivity index (χ0v) is 18.3. The van der Waals surface area contributed by atoms with Gasteiger partial charge < -0.3 is 19.8 Å². The van der Waals surface area contributed by atoms with Crippen molar-refractivity contribution in [2.75, 3.05) is 13.2 Å². The molecular formula is C27H25NO5. The highest BCUT2D eigenvalue weighted by molar-refractivity contribution is 6.46. The number of hydrogen-bond donors (Lipinski definition) is 2. The molecule has 0 spiro atoms. The van der Waals surface area contributed by atoms with Gasteiger partial charge in [-0.1, -0.05) is 54.6 Å². The number of carbonyl (C=O) groups is 2. The number of aliphatic hydroxyl groups is 1. The second-order valence-corrected chi connectivity index (χ2v) is 7.78. The van der Waals surface area contributed by atoms with E-state index in [0.29, 0.717) is 29.9 Å². The minimum atomic E-state index is -0.823. The topological polar surface area (TPSA) is 87.1 Å². The van der Waals surface area contributed by atoms with E-state index in [1.807, 2.05) is 37.3 Å². The van der Waals surface area contributed by atoms with Gasteiger partial charge in [0.1, 0.15) is 17.3 Å². The Morgan fingerprint density at radius 1 is 0.970 bits per heavy atom. The van der Waals surface area contributed by atoms with Crippen LogP contribution in [0.1, 0.15) is 29.7 Å². The second kappa shape index (κ2) is 9.61. The maximum atomic E-state index is 13.1. The van der Waals surface area contributed by atoms with Crippen molar-refractivity contribution in [3.8, 4) is 11.5 Å². The number of benzene rings is 3. The quantitative estimate of drug-likeness (QED) is 0.320. The van der Waals surface area contributed by atoms with Gasteiger partial charge in [-0.05, 0) is 48.7 Å². The highest BCUT2D eigenvalue weighted by atomic mass is 16.5. The van der Waals surface area contributed by atoms with Crippen LogP contribution in [-0.2, 0) is 16.0 Å². The number of phenols is 1. The van der Waals surface area contributed by atoms with Crippen LogP contribution in [0.5, 0.6) is 11.5 Å². The summed E-state index contributed by atoms with van der Waals surface area (Å²) in [7, 11) is 0. The number of ether oxygens (including phenoxy) is 1. The summed E-state index contributed by atoms with van der Waals surface area (Å²) in [6, 6.07) is 22.0. The third-order valence-electron chi connectivity index (χ3n) is 5.63. The van der Waals surface area contributed by atoms with Gasteiger partial charge >= 0.3 is 0 Å². The Morgan fingerprint density at radius 2 is 1.73 bits per heavy atom. The standard InChI is InChI=1S/C27H25NO5/c1-2-33-22-13-7-11-20(17-22)25(30)23-24(19-10-6-12-21(29)16-19)28(27(32)26(23)31)15-14-18-8-4-3-5-9-18/h3-13,16-17,24,29-30H,2,14-15H2,1H3/b25-23+. The van der Waals surface area contributed by atoms with E-state index in [1.54, 1.807) is 36.4 Å². The molecule has 1 aliphatic heterocycles. The first-order valence-electron chi connectivity index (χ1n) is 10.8. The average Bonchev–Trinajstić information content (AvgIpc) is 3.08. The van der Waals surface area contributed by atoms with Gasteiger partial charge in [0.15, 0.2) is 0 Å². The molecule has 0 aliphatic carbocycles. The fourth-order valence-corrected chi connectivity index (χ4v) is 4.10. The SMILES string of the molecule is CCOc1cccc(/C(O)=C2\C(=O)C(=O)N(CCc3ccccc3)C2c2cccc(O)c2)c1. The van der Waals surface area contributed by atoms with Crippen LogP contribution in [-0.4, -0.2) is 40.0 Å². The average molecular weight is 443 g/mol. The number of nitrogens with zero attached hydrogens (tertiary/aromatic N) is 1.